The normalized spacial score (nSPS) is 20.2. The molecule has 3 aromatic rings. The predicted octanol–water partition coefficient (Wildman–Crippen LogP) is 3.14. The summed E-state index contributed by atoms with van der Waals surface area (Å²) in [7, 11) is 0. The molecule has 1 unspecified atom stereocenters. The SMILES string of the molecule is O=C(NN1CCC1)c1c[nH]c2c(C3=COC(c4cccc(OCC5CC5)c4)O3)ncnc12. The number of amides is 1. The fraction of sp³-hybridized carbons (Fsp3) is 0.348. The summed E-state index contributed by atoms with van der Waals surface area (Å²) in [5.41, 5.74) is 5.91. The van der Waals surface area contributed by atoms with Gasteiger partial charge < -0.3 is 19.2 Å². The first-order valence-electron chi connectivity index (χ1n) is 10.9. The summed E-state index contributed by atoms with van der Waals surface area (Å²) in [5.74, 6) is 1.77. The number of carbonyl (C=O) groups is 1. The average molecular weight is 433 g/mol. The molecule has 1 aromatic carbocycles. The Morgan fingerprint density at radius 1 is 1.28 bits per heavy atom. The number of aromatic amines is 1. The highest BCUT2D eigenvalue weighted by atomic mass is 16.7. The third-order valence-corrected chi connectivity index (χ3v) is 5.90. The van der Waals surface area contributed by atoms with Crippen LogP contribution in [-0.2, 0) is 9.47 Å². The molecule has 1 saturated heterocycles. The van der Waals surface area contributed by atoms with Crippen molar-refractivity contribution >= 4 is 22.7 Å². The van der Waals surface area contributed by atoms with E-state index in [0.29, 0.717) is 34.0 Å². The number of ether oxygens (including phenoxy) is 3. The number of nitrogens with zero attached hydrogens (tertiary/aromatic N) is 3. The summed E-state index contributed by atoms with van der Waals surface area (Å²) in [5, 5.41) is 1.88. The molecule has 1 saturated carbocycles. The van der Waals surface area contributed by atoms with Crippen LogP contribution in [0.1, 0.15) is 47.2 Å². The predicted molar refractivity (Wildman–Crippen MR) is 115 cm³/mol. The quantitative estimate of drug-likeness (QED) is 0.590. The van der Waals surface area contributed by atoms with Gasteiger partial charge in [-0.25, -0.2) is 15.0 Å². The maximum Gasteiger partial charge on any atom is 0.269 e. The Bertz CT molecular complexity index is 1200. The van der Waals surface area contributed by atoms with Crippen molar-refractivity contribution in [3.05, 3.63) is 59.9 Å². The lowest BCUT2D eigenvalue weighted by Crippen LogP contribution is -2.50. The summed E-state index contributed by atoms with van der Waals surface area (Å²) in [6.45, 7) is 2.47. The van der Waals surface area contributed by atoms with Crippen molar-refractivity contribution in [1.82, 2.24) is 25.4 Å². The first kappa shape index (κ1) is 19.1. The number of aromatic nitrogens is 3. The lowest BCUT2D eigenvalue weighted by atomic mass is 10.2. The molecular formula is C23H23N5O4. The molecular weight excluding hydrogens is 410 g/mol. The molecule has 0 radical (unpaired) electrons. The first-order valence-corrected chi connectivity index (χ1v) is 10.9. The standard InChI is InChI=1S/C23H23N5O4/c29-22(27-28-7-2-8-28)17-10-24-21-19(17)25-13-26-20(21)18-12-31-23(32-18)15-3-1-4-16(9-15)30-11-14-5-6-14/h1,3-4,9-10,12-14,23-24H,2,5-8,11H2,(H,27,29). The van der Waals surface area contributed by atoms with E-state index in [9.17, 15) is 4.79 Å². The van der Waals surface area contributed by atoms with Crippen molar-refractivity contribution in [2.24, 2.45) is 5.92 Å². The Balaban J connectivity index is 1.19. The summed E-state index contributed by atoms with van der Waals surface area (Å²) in [4.78, 5) is 24.4. The number of nitrogens with one attached hydrogen (secondary N) is 2. The van der Waals surface area contributed by atoms with Gasteiger partial charge in [-0.3, -0.25) is 10.2 Å². The van der Waals surface area contributed by atoms with E-state index in [2.05, 4.69) is 20.4 Å². The van der Waals surface area contributed by atoms with E-state index in [4.69, 9.17) is 14.2 Å². The molecule has 0 bridgehead atoms. The highest BCUT2D eigenvalue weighted by Crippen LogP contribution is 2.36. The topological polar surface area (TPSA) is 102 Å². The molecule has 9 nitrogen and oxygen atoms in total. The van der Waals surface area contributed by atoms with Crippen LogP contribution in [0.5, 0.6) is 5.75 Å². The van der Waals surface area contributed by atoms with Gasteiger partial charge in [0.1, 0.15) is 29.5 Å². The maximum atomic E-state index is 12.6. The Morgan fingerprint density at radius 3 is 3.00 bits per heavy atom. The van der Waals surface area contributed by atoms with E-state index in [0.717, 1.165) is 37.4 Å². The molecule has 6 rings (SSSR count). The molecule has 3 aliphatic rings. The van der Waals surface area contributed by atoms with Crippen LogP contribution in [0.2, 0.25) is 0 Å². The van der Waals surface area contributed by atoms with Gasteiger partial charge >= 0.3 is 0 Å². The van der Waals surface area contributed by atoms with Crippen LogP contribution >= 0.6 is 0 Å². The van der Waals surface area contributed by atoms with Gasteiger partial charge in [0.15, 0.2) is 5.76 Å². The number of fused-ring (bicyclic) bond motifs is 1. The van der Waals surface area contributed by atoms with Crippen molar-refractivity contribution in [3.63, 3.8) is 0 Å². The van der Waals surface area contributed by atoms with E-state index in [-0.39, 0.29) is 5.91 Å². The monoisotopic (exact) mass is 433 g/mol. The number of carbonyl (C=O) groups excluding carboxylic acids is 1. The first-order chi connectivity index (χ1) is 15.7. The van der Waals surface area contributed by atoms with E-state index < -0.39 is 6.29 Å². The summed E-state index contributed by atoms with van der Waals surface area (Å²) >= 11 is 0. The Kier molecular flexibility index (Phi) is 4.68. The van der Waals surface area contributed by atoms with E-state index >= 15 is 0 Å². The summed E-state index contributed by atoms with van der Waals surface area (Å²) < 4.78 is 17.7. The minimum absolute atomic E-state index is 0.195. The average Bonchev–Trinajstić information content (AvgIpc) is 3.30. The Hall–Kier alpha value is -3.59. The van der Waals surface area contributed by atoms with E-state index in [1.54, 1.807) is 12.5 Å². The lowest BCUT2D eigenvalue weighted by Gasteiger charge is -2.30. The molecule has 1 amide bonds. The minimum Gasteiger partial charge on any atom is -0.493 e. The fourth-order valence-electron chi connectivity index (χ4n) is 3.73. The highest BCUT2D eigenvalue weighted by molar-refractivity contribution is 6.06. The Morgan fingerprint density at radius 2 is 2.19 bits per heavy atom. The maximum absolute atomic E-state index is 12.6. The molecule has 32 heavy (non-hydrogen) atoms. The van der Waals surface area contributed by atoms with Gasteiger partial charge in [0.2, 0.25) is 0 Å². The third-order valence-electron chi connectivity index (χ3n) is 5.90. The molecule has 2 fully saturated rings. The highest BCUT2D eigenvalue weighted by Gasteiger charge is 2.28. The number of hydrogen-bond donors (Lipinski definition) is 2. The smallest absolute Gasteiger partial charge is 0.269 e. The van der Waals surface area contributed by atoms with Crippen LogP contribution < -0.4 is 10.2 Å². The number of H-pyrrole nitrogens is 1. The van der Waals surface area contributed by atoms with Gasteiger partial charge in [0.05, 0.1) is 17.7 Å². The molecule has 2 N–H and O–H groups in total. The Labute approximate surface area is 184 Å². The van der Waals surface area contributed by atoms with Crippen molar-refractivity contribution in [2.75, 3.05) is 19.7 Å². The van der Waals surface area contributed by atoms with Crippen LogP contribution in [-0.4, -0.2) is 45.6 Å². The second-order valence-corrected chi connectivity index (χ2v) is 8.32. The number of hydrogen-bond acceptors (Lipinski definition) is 7. The van der Waals surface area contributed by atoms with Crippen molar-refractivity contribution in [3.8, 4) is 5.75 Å². The molecule has 164 valence electrons. The van der Waals surface area contributed by atoms with Gasteiger partial charge in [-0.15, -0.1) is 0 Å². The van der Waals surface area contributed by atoms with Crippen LogP contribution in [0, 0.1) is 5.92 Å². The molecule has 0 spiro atoms. The van der Waals surface area contributed by atoms with E-state index in [1.807, 2.05) is 29.3 Å². The van der Waals surface area contributed by atoms with Gasteiger partial charge in [0, 0.05) is 24.8 Å². The fourth-order valence-corrected chi connectivity index (χ4v) is 3.73. The molecule has 4 heterocycles. The van der Waals surface area contributed by atoms with Crippen LogP contribution in [0.15, 0.2) is 43.1 Å². The molecule has 2 aromatic heterocycles. The zero-order valence-electron chi connectivity index (χ0n) is 17.4. The van der Waals surface area contributed by atoms with E-state index in [1.165, 1.54) is 19.2 Å². The molecule has 1 aliphatic carbocycles. The van der Waals surface area contributed by atoms with Gasteiger partial charge in [-0.2, -0.15) is 0 Å². The minimum atomic E-state index is -0.594. The zero-order valence-corrected chi connectivity index (χ0v) is 17.4. The molecule has 2 aliphatic heterocycles. The second-order valence-electron chi connectivity index (χ2n) is 8.32. The summed E-state index contributed by atoms with van der Waals surface area (Å²) in [6, 6.07) is 7.74. The lowest BCUT2D eigenvalue weighted by molar-refractivity contribution is -0.0173. The third kappa shape index (κ3) is 3.64. The number of benzene rings is 1. The van der Waals surface area contributed by atoms with Crippen molar-refractivity contribution in [2.45, 2.75) is 25.6 Å². The molecule has 9 heteroatoms. The van der Waals surface area contributed by atoms with Gasteiger partial charge in [-0.05, 0) is 37.3 Å². The summed E-state index contributed by atoms with van der Waals surface area (Å²) in [6.07, 6.45) is 7.60. The number of rotatable bonds is 7. The van der Waals surface area contributed by atoms with Crippen LogP contribution in [0.4, 0.5) is 0 Å². The molecule has 1 atom stereocenters. The van der Waals surface area contributed by atoms with Gasteiger partial charge in [-0.1, -0.05) is 12.1 Å². The van der Waals surface area contributed by atoms with Crippen LogP contribution in [0.25, 0.3) is 16.8 Å². The second kappa shape index (κ2) is 7.83. The largest absolute Gasteiger partial charge is 0.493 e. The van der Waals surface area contributed by atoms with Crippen molar-refractivity contribution in [1.29, 1.82) is 0 Å². The zero-order chi connectivity index (χ0) is 21.5. The van der Waals surface area contributed by atoms with Crippen LogP contribution in [0.3, 0.4) is 0 Å². The number of hydrazine groups is 1. The van der Waals surface area contributed by atoms with Gasteiger partial charge in [0.25, 0.3) is 12.2 Å². The van der Waals surface area contributed by atoms with Crippen molar-refractivity contribution < 1.29 is 19.0 Å².